The summed E-state index contributed by atoms with van der Waals surface area (Å²) in [6, 6.07) is -0.675. The summed E-state index contributed by atoms with van der Waals surface area (Å²) in [5, 5.41) is 18.9. The van der Waals surface area contributed by atoms with E-state index < -0.39 is 18.2 Å². The Hall–Kier alpha value is -1.83. The van der Waals surface area contributed by atoms with Crippen LogP contribution in [0.3, 0.4) is 0 Å². The molecule has 0 radical (unpaired) electrons. The van der Waals surface area contributed by atoms with Gasteiger partial charge in [-0.3, -0.25) is 14.5 Å². The summed E-state index contributed by atoms with van der Waals surface area (Å²) in [5.74, 6) is 0.0163. The van der Waals surface area contributed by atoms with Gasteiger partial charge in [-0.1, -0.05) is 6.92 Å². The molecule has 1 unspecified atom stereocenters. The number of β-amino-alcohol motifs (C(OH)–C–C–N with tert-alkyl or cyclic N) is 1. The molecule has 0 aromatic heterocycles. The lowest BCUT2D eigenvalue weighted by molar-refractivity contribution is -0.141. The van der Waals surface area contributed by atoms with Crippen molar-refractivity contribution in [3.8, 4) is 0 Å². The highest BCUT2D eigenvalue weighted by atomic mass is 16.4. The van der Waals surface area contributed by atoms with Crippen LogP contribution >= 0.6 is 0 Å². The third-order valence-electron chi connectivity index (χ3n) is 5.08. The number of aliphatic hydroxyl groups excluding tert-OH is 1. The summed E-state index contributed by atoms with van der Waals surface area (Å²) in [6.07, 6.45) is 0.145. The van der Waals surface area contributed by atoms with Gasteiger partial charge in [0, 0.05) is 39.1 Å². The molecular formula is C16H27N3O5. The molecule has 0 aliphatic carbocycles. The molecule has 136 valence electrons. The third kappa shape index (κ3) is 4.17. The van der Waals surface area contributed by atoms with E-state index in [1.165, 1.54) is 0 Å². The van der Waals surface area contributed by atoms with Gasteiger partial charge in [0.1, 0.15) is 6.04 Å². The van der Waals surface area contributed by atoms with Crippen LogP contribution in [0.1, 0.15) is 33.1 Å². The smallest absolute Gasteiger partial charge is 0.408 e. The number of hydrogen-bond donors (Lipinski definition) is 2. The zero-order valence-electron chi connectivity index (χ0n) is 14.3. The Morgan fingerprint density at radius 1 is 1.21 bits per heavy atom. The van der Waals surface area contributed by atoms with Crippen molar-refractivity contribution in [1.29, 1.82) is 0 Å². The molecule has 0 aromatic rings. The number of aliphatic hydroxyl groups is 1. The molecule has 3 amide bonds. The fourth-order valence-corrected chi connectivity index (χ4v) is 3.27. The normalized spacial score (nSPS) is 28.2. The third-order valence-corrected chi connectivity index (χ3v) is 5.08. The van der Waals surface area contributed by atoms with E-state index in [1.54, 1.807) is 16.7 Å². The summed E-state index contributed by atoms with van der Waals surface area (Å²) in [4.78, 5) is 39.9. The van der Waals surface area contributed by atoms with Crippen LogP contribution < -0.4 is 0 Å². The molecule has 2 N–H and O–H groups in total. The van der Waals surface area contributed by atoms with Crippen LogP contribution in [-0.4, -0.2) is 87.7 Å². The second-order valence-electron chi connectivity index (χ2n) is 6.75. The Morgan fingerprint density at radius 3 is 2.54 bits per heavy atom. The number of hydrogen-bond acceptors (Lipinski definition) is 4. The summed E-state index contributed by atoms with van der Waals surface area (Å²) < 4.78 is 0. The predicted octanol–water partition coefficient (Wildman–Crippen LogP) is 0.207. The molecule has 8 nitrogen and oxygen atoms in total. The molecular weight excluding hydrogens is 314 g/mol. The van der Waals surface area contributed by atoms with E-state index >= 15 is 0 Å². The summed E-state index contributed by atoms with van der Waals surface area (Å²) >= 11 is 0. The monoisotopic (exact) mass is 341 g/mol. The van der Waals surface area contributed by atoms with E-state index in [0.717, 1.165) is 11.3 Å². The molecule has 0 aromatic carbocycles. The van der Waals surface area contributed by atoms with Crippen molar-refractivity contribution >= 4 is 17.9 Å². The van der Waals surface area contributed by atoms with Crippen molar-refractivity contribution in [2.75, 3.05) is 32.7 Å². The molecule has 2 heterocycles. The molecule has 3 atom stereocenters. The summed E-state index contributed by atoms with van der Waals surface area (Å²) in [6.45, 7) is 5.74. The second kappa shape index (κ2) is 7.83. The first-order chi connectivity index (χ1) is 11.3. The molecule has 2 rings (SSSR count). The first-order valence-electron chi connectivity index (χ1n) is 8.55. The summed E-state index contributed by atoms with van der Waals surface area (Å²) in [5.41, 5.74) is 0. The Morgan fingerprint density at radius 2 is 1.92 bits per heavy atom. The number of piperazine rings is 1. The fourth-order valence-electron chi connectivity index (χ4n) is 3.27. The molecule has 2 aliphatic rings. The van der Waals surface area contributed by atoms with Gasteiger partial charge in [0.2, 0.25) is 11.8 Å². The number of nitrogens with zero attached hydrogens (tertiary/aromatic N) is 3. The Balaban J connectivity index is 1.75. The maximum Gasteiger partial charge on any atom is 0.408 e. The van der Waals surface area contributed by atoms with Crippen LogP contribution in [-0.2, 0) is 9.59 Å². The number of rotatable bonds is 4. The number of amides is 3. The number of carbonyl (C=O) groups excluding carboxylic acids is 2. The SMILES string of the molecule is CC1C(=O)N(CCCC(=O)N2CC[C@H](C)[C@H](O)C2)CCN1C(=O)O. The van der Waals surface area contributed by atoms with Gasteiger partial charge in [-0.2, -0.15) is 0 Å². The van der Waals surface area contributed by atoms with E-state index in [4.69, 9.17) is 5.11 Å². The van der Waals surface area contributed by atoms with Gasteiger partial charge in [0.25, 0.3) is 0 Å². The number of likely N-dealkylation sites (tertiary alicyclic amines) is 1. The first kappa shape index (κ1) is 18.5. The Kier molecular flexibility index (Phi) is 6.04. The number of piperidine rings is 1. The lowest BCUT2D eigenvalue weighted by atomic mass is 9.96. The molecule has 2 fully saturated rings. The van der Waals surface area contributed by atoms with Gasteiger partial charge < -0.3 is 20.0 Å². The van der Waals surface area contributed by atoms with Gasteiger partial charge in [-0.25, -0.2) is 4.79 Å². The lowest BCUT2D eigenvalue weighted by Crippen LogP contribution is -2.57. The van der Waals surface area contributed by atoms with Crippen molar-refractivity contribution in [2.24, 2.45) is 5.92 Å². The molecule has 2 aliphatic heterocycles. The molecule has 0 bridgehead atoms. The zero-order valence-corrected chi connectivity index (χ0v) is 14.3. The molecule has 0 spiro atoms. The minimum atomic E-state index is -1.08. The van der Waals surface area contributed by atoms with E-state index in [1.807, 2.05) is 6.92 Å². The largest absolute Gasteiger partial charge is 0.465 e. The highest BCUT2D eigenvalue weighted by molar-refractivity contribution is 5.86. The minimum absolute atomic E-state index is 0.00520. The lowest BCUT2D eigenvalue weighted by Gasteiger charge is -2.37. The molecule has 2 saturated heterocycles. The second-order valence-corrected chi connectivity index (χ2v) is 6.75. The van der Waals surface area contributed by atoms with Crippen molar-refractivity contribution in [3.63, 3.8) is 0 Å². The van der Waals surface area contributed by atoms with E-state index in [9.17, 15) is 19.5 Å². The maximum absolute atomic E-state index is 12.2. The van der Waals surface area contributed by atoms with Crippen molar-refractivity contribution in [3.05, 3.63) is 0 Å². The van der Waals surface area contributed by atoms with Crippen LogP contribution in [0.15, 0.2) is 0 Å². The van der Waals surface area contributed by atoms with Gasteiger partial charge >= 0.3 is 6.09 Å². The van der Waals surface area contributed by atoms with Crippen LogP contribution in [0.2, 0.25) is 0 Å². The first-order valence-corrected chi connectivity index (χ1v) is 8.55. The van der Waals surface area contributed by atoms with Crippen molar-refractivity contribution in [2.45, 2.75) is 45.3 Å². The van der Waals surface area contributed by atoms with Crippen molar-refractivity contribution < 1.29 is 24.6 Å². The fraction of sp³-hybridized carbons (Fsp3) is 0.812. The molecule has 24 heavy (non-hydrogen) atoms. The number of carboxylic acid groups (broad SMARTS) is 1. The highest BCUT2D eigenvalue weighted by Gasteiger charge is 2.34. The van der Waals surface area contributed by atoms with Crippen LogP contribution in [0.5, 0.6) is 0 Å². The van der Waals surface area contributed by atoms with Gasteiger partial charge in [0.15, 0.2) is 0 Å². The van der Waals surface area contributed by atoms with Crippen molar-refractivity contribution in [1.82, 2.24) is 14.7 Å². The summed E-state index contributed by atoms with van der Waals surface area (Å²) in [7, 11) is 0. The molecule has 8 heteroatoms. The van der Waals surface area contributed by atoms with Crippen LogP contribution in [0.4, 0.5) is 4.79 Å². The van der Waals surface area contributed by atoms with E-state index in [-0.39, 0.29) is 17.7 Å². The highest BCUT2D eigenvalue weighted by Crippen LogP contribution is 2.18. The van der Waals surface area contributed by atoms with Crippen LogP contribution in [0.25, 0.3) is 0 Å². The Labute approximate surface area is 142 Å². The molecule has 0 saturated carbocycles. The van der Waals surface area contributed by atoms with Crippen LogP contribution in [0, 0.1) is 5.92 Å². The van der Waals surface area contributed by atoms with E-state index in [0.29, 0.717) is 45.6 Å². The minimum Gasteiger partial charge on any atom is -0.465 e. The number of carbonyl (C=O) groups is 3. The standard InChI is InChI=1S/C16H27N3O5/c1-11-5-7-18(10-13(11)20)14(21)4-3-6-17-8-9-19(16(23)24)12(2)15(17)22/h11-13,20H,3-10H2,1-2H3,(H,23,24)/t11-,12?,13+/m0/s1. The van der Waals surface area contributed by atoms with Gasteiger partial charge in [-0.15, -0.1) is 0 Å². The quantitative estimate of drug-likeness (QED) is 0.761. The van der Waals surface area contributed by atoms with Gasteiger partial charge in [-0.05, 0) is 25.7 Å². The topological polar surface area (TPSA) is 101 Å². The average molecular weight is 341 g/mol. The van der Waals surface area contributed by atoms with Gasteiger partial charge in [0.05, 0.1) is 6.10 Å². The van der Waals surface area contributed by atoms with E-state index in [2.05, 4.69) is 0 Å². The zero-order chi connectivity index (χ0) is 17.9. The average Bonchev–Trinajstić information content (AvgIpc) is 2.53. The Bertz CT molecular complexity index is 498. The predicted molar refractivity (Wildman–Crippen MR) is 86.4 cm³/mol. The maximum atomic E-state index is 12.2.